The third kappa shape index (κ3) is 29.2. The van der Waals surface area contributed by atoms with Crippen molar-refractivity contribution in [1.29, 1.82) is 0 Å². The molecular formula is C50H78FN5O9. The number of nitrogens with one attached hydrogen (secondary N) is 4. The van der Waals surface area contributed by atoms with Gasteiger partial charge in [0.15, 0.2) is 0 Å². The number of aliphatic hydroxyl groups is 1. The monoisotopic (exact) mass is 912 g/mol. The predicted octanol–water partition coefficient (Wildman–Crippen LogP) is 7.46. The van der Waals surface area contributed by atoms with E-state index in [1.165, 1.54) is 72.8 Å². The van der Waals surface area contributed by atoms with Crippen LogP contribution in [0.2, 0.25) is 0 Å². The highest BCUT2D eigenvalue weighted by atomic mass is 19.1. The Kier molecular flexibility index (Phi) is 38.6. The quantitative estimate of drug-likeness (QED) is 0.0560. The first-order chi connectivity index (χ1) is 31.0. The number of likely N-dealkylation sites (N-methyl/N-ethyl adjacent to an activating group) is 2. The van der Waals surface area contributed by atoms with Gasteiger partial charge in [0, 0.05) is 52.1 Å². The van der Waals surface area contributed by atoms with Crippen LogP contribution in [0.15, 0.2) is 71.6 Å². The van der Waals surface area contributed by atoms with Gasteiger partial charge in [-0.2, -0.15) is 0 Å². The Morgan fingerprint density at radius 3 is 2.00 bits per heavy atom. The zero-order chi connectivity index (χ0) is 50.3. The molecule has 5 amide bonds. The molecule has 1 aliphatic rings. The number of halogens is 1. The molecule has 0 aliphatic heterocycles. The molecule has 0 unspecified atom stereocenters. The van der Waals surface area contributed by atoms with Gasteiger partial charge in [0.1, 0.15) is 12.8 Å². The van der Waals surface area contributed by atoms with Crippen LogP contribution < -0.4 is 21.3 Å². The van der Waals surface area contributed by atoms with Crippen molar-refractivity contribution in [2.75, 3.05) is 47.4 Å². The van der Waals surface area contributed by atoms with Gasteiger partial charge in [-0.15, -0.1) is 0 Å². The largest absolute Gasteiger partial charge is 0.480 e. The van der Waals surface area contributed by atoms with Crippen molar-refractivity contribution in [3.63, 3.8) is 0 Å². The van der Waals surface area contributed by atoms with Crippen LogP contribution in [0.1, 0.15) is 117 Å². The molecule has 2 aromatic rings. The molecule has 3 rings (SSSR count). The highest BCUT2D eigenvalue weighted by Crippen LogP contribution is 2.26. The van der Waals surface area contributed by atoms with E-state index in [1.807, 2.05) is 34.6 Å². The van der Waals surface area contributed by atoms with Crippen molar-refractivity contribution in [3.8, 4) is 0 Å². The standard InChI is InChI=1S/C15H16.C13H20FNO.C11H17N3O6.C8H15NO.C2H6.CH4O/c1-4-7-14-11(2)10-13-8-5-6-9-15(13)12(14)3;1-5-10(3)9-12(8-7-11(4)14)13(16)15-6-2;1-12-9(17)6-13-8(16)2-3-10(18)14(4-5-15)7-11(19)20;1-9-8(10)7-5-3-2-4-6-7;2*1-2/h4-10H,1-3H3;7-9H,5-6H2,1-4H3,(H,15,16);5H,2-4,6-7H2,1H3,(H,12,17)(H,13,16)(H,19,20);7H,2-6H2,1H3,(H,9,10);1-2H3;2H,1H3/b7-4-;10-9+,11-7+,12-8+;;;;. The number of fused-ring (bicyclic) bond motifs is 1. The minimum absolute atomic E-state index is 0.173. The molecule has 14 nitrogen and oxygen atoms in total. The topological polar surface area (TPSA) is 211 Å². The van der Waals surface area contributed by atoms with Gasteiger partial charge in [0.2, 0.25) is 23.6 Å². The summed E-state index contributed by atoms with van der Waals surface area (Å²) in [5, 5.41) is 28.3. The molecule has 0 bridgehead atoms. The molecule has 6 N–H and O–H groups in total. The van der Waals surface area contributed by atoms with Gasteiger partial charge in [-0.1, -0.05) is 94.2 Å². The molecule has 1 fully saturated rings. The number of aliphatic hydroxyl groups excluding tert-OH is 1. The van der Waals surface area contributed by atoms with Crippen LogP contribution in [-0.4, -0.2) is 104 Å². The smallest absolute Gasteiger partial charge is 0.323 e. The molecule has 0 atom stereocenters. The fourth-order valence-electron chi connectivity index (χ4n) is 5.97. The molecule has 1 saturated carbocycles. The number of aldehydes is 1. The molecular weight excluding hydrogens is 834 g/mol. The lowest BCUT2D eigenvalue weighted by Gasteiger charge is -2.19. The summed E-state index contributed by atoms with van der Waals surface area (Å²) >= 11 is 0. The van der Waals surface area contributed by atoms with Crippen LogP contribution in [-0.2, 0) is 33.6 Å². The summed E-state index contributed by atoms with van der Waals surface area (Å²) in [5.41, 5.74) is 5.66. The number of carboxylic acids is 1. The van der Waals surface area contributed by atoms with Gasteiger partial charge in [-0.3, -0.25) is 28.8 Å². The number of aliphatic carboxylic acids is 1. The number of carbonyl (C=O) groups is 7. The minimum atomic E-state index is -1.25. The summed E-state index contributed by atoms with van der Waals surface area (Å²) in [4.78, 5) is 78.2. The Morgan fingerprint density at radius 2 is 1.49 bits per heavy atom. The van der Waals surface area contributed by atoms with Crippen molar-refractivity contribution >= 4 is 58.6 Å². The molecule has 15 heteroatoms. The molecule has 364 valence electrons. The van der Waals surface area contributed by atoms with Gasteiger partial charge >= 0.3 is 5.97 Å². The number of amides is 5. The van der Waals surface area contributed by atoms with E-state index < -0.39 is 24.3 Å². The SMILES string of the molecule is C/C=C\c1c(C)cc2ccccc2c1C.CC.CCNC(=O)C(/C=C(\C)CC)=C/C=C(\C)F.CNC(=O)C1CCCCC1.CNC(=O)CNC(=O)CCC(=O)N(CC=O)CC(=O)O.CO. The number of rotatable bonds is 16. The summed E-state index contributed by atoms with van der Waals surface area (Å²) in [7, 11) is 4.14. The molecule has 0 saturated heterocycles. The number of carbonyl (C=O) groups excluding carboxylic acids is 6. The number of hydrogen-bond donors (Lipinski definition) is 6. The van der Waals surface area contributed by atoms with Gasteiger partial charge in [0.05, 0.1) is 18.9 Å². The van der Waals surface area contributed by atoms with Crippen molar-refractivity contribution < 1.29 is 48.2 Å². The van der Waals surface area contributed by atoms with Gasteiger partial charge < -0.3 is 41.2 Å². The lowest BCUT2D eigenvalue weighted by molar-refractivity contribution is -0.145. The first-order valence-corrected chi connectivity index (χ1v) is 22.2. The first-order valence-electron chi connectivity index (χ1n) is 22.2. The zero-order valence-electron chi connectivity index (χ0n) is 41.0. The van der Waals surface area contributed by atoms with E-state index in [0.29, 0.717) is 24.3 Å². The fourth-order valence-corrected chi connectivity index (χ4v) is 5.97. The summed E-state index contributed by atoms with van der Waals surface area (Å²) in [6.07, 6.45) is 15.7. The van der Waals surface area contributed by atoms with E-state index in [9.17, 15) is 38.0 Å². The van der Waals surface area contributed by atoms with Crippen LogP contribution in [0, 0.1) is 19.8 Å². The van der Waals surface area contributed by atoms with Crippen molar-refractivity contribution in [3.05, 3.63) is 88.3 Å². The van der Waals surface area contributed by atoms with Crippen molar-refractivity contribution in [2.45, 2.75) is 114 Å². The molecule has 0 radical (unpaired) electrons. The van der Waals surface area contributed by atoms with Gasteiger partial charge in [0.25, 0.3) is 5.91 Å². The average molecular weight is 912 g/mol. The van der Waals surface area contributed by atoms with E-state index >= 15 is 0 Å². The number of carboxylic acid groups (broad SMARTS) is 1. The Hall–Kier alpha value is -5.96. The van der Waals surface area contributed by atoms with Crippen LogP contribution in [0.5, 0.6) is 0 Å². The van der Waals surface area contributed by atoms with Crippen molar-refractivity contribution in [2.24, 2.45) is 5.92 Å². The van der Waals surface area contributed by atoms with Crippen LogP contribution >= 0.6 is 0 Å². The molecule has 0 aromatic heterocycles. The van der Waals surface area contributed by atoms with Crippen LogP contribution in [0.25, 0.3) is 16.8 Å². The normalized spacial score (nSPS) is 12.3. The zero-order valence-corrected chi connectivity index (χ0v) is 41.0. The third-order valence-electron chi connectivity index (χ3n) is 9.44. The maximum Gasteiger partial charge on any atom is 0.323 e. The Morgan fingerprint density at radius 1 is 0.877 bits per heavy atom. The number of aryl methyl sites for hydroxylation is 2. The van der Waals surface area contributed by atoms with Gasteiger partial charge in [-0.25, -0.2) is 4.39 Å². The Balaban J connectivity index is -0.000000782. The molecule has 0 spiro atoms. The third-order valence-corrected chi connectivity index (χ3v) is 9.44. The van der Waals surface area contributed by atoms with Crippen LogP contribution in [0.3, 0.4) is 0 Å². The first kappa shape index (κ1) is 63.3. The highest BCUT2D eigenvalue weighted by Gasteiger charge is 2.19. The minimum Gasteiger partial charge on any atom is -0.480 e. The summed E-state index contributed by atoms with van der Waals surface area (Å²) in [6.45, 7) is 17.0. The number of benzene rings is 2. The Bertz CT molecular complexity index is 1880. The summed E-state index contributed by atoms with van der Waals surface area (Å²) < 4.78 is 12.6. The summed E-state index contributed by atoms with van der Waals surface area (Å²) in [5.74, 6) is -2.68. The molecule has 1 aliphatic carbocycles. The second-order valence-electron chi connectivity index (χ2n) is 14.3. The second kappa shape index (κ2) is 39.6. The van der Waals surface area contributed by atoms with E-state index in [4.69, 9.17) is 10.2 Å². The van der Waals surface area contributed by atoms with E-state index in [1.54, 1.807) is 13.1 Å². The van der Waals surface area contributed by atoms with Crippen LogP contribution in [0.4, 0.5) is 4.39 Å². The molecule has 0 heterocycles. The number of allylic oxidation sites excluding steroid dienone is 5. The van der Waals surface area contributed by atoms with Gasteiger partial charge in [-0.05, 0) is 100 Å². The van der Waals surface area contributed by atoms with Crippen molar-refractivity contribution in [1.82, 2.24) is 26.2 Å². The Labute approximate surface area is 387 Å². The summed E-state index contributed by atoms with van der Waals surface area (Å²) in [6, 6.07) is 10.8. The molecule has 2 aromatic carbocycles. The highest BCUT2D eigenvalue weighted by molar-refractivity contribution is 5.96. The average Bonchev–Trinajstić information content (AvgIpc) is 3.31. The predicted molar refractivity (Wildman–Crippen MR) is 261 cm³/mol. The van der Waals surface area contributed by atoms with E-state index in [-0.39, 0.29) is 49.5 Å². The maximum atomic E-state index is 12.6. The lowest BCUT2D eigenvalue weighted by Crippen LogP contribution is -2.38. The molecule has 65 heavy (non-hydrogen) atoms. The lowest BCUT2D eigenvalue weighted by atomic mass is 9.89. The van der Waals surface area contributed by atoms with E-state index in [0.717, 1.165) is 36.8 Å². The maximum absolute atomic E-state index is 12.6. The second-order valence-corrected chi connectivity index (χ2v) is 14.3. The van der Waals surface area contributed by atoms with E-state index in [2.05, 4.69) is 84.5 Å². The fraction of sp³-hybridized carbons (Fsp3) is 0.500. The number of nitrogens with zero attached hydrogens (tertiary/aromatic N) is 1. The number of hydrogen-bond acceptors (Lipinski definition) is 8.